The Labute approximate surface area is 94.4 Å². The number of nitrogens with two attached hydrogens (primary N) is 1. The maximum Gasteiger partial charge on any atom is 0.272 e. The molecule has 0 aromatic heterocycles. The summed E-state index contributed by atoms with van der Waals surface area (Å²) in [6, 6.07) is 3.14. The highest BCUT2D eigenvalue weighted by atomic mass is 16.6. The Morgan fingerprint density at radius 2 is 2.06 bits per heavy atom. The summed E-state index contributed by atoms with van der Waals surface area (Å²) >= 11 is 0. The van der Waals surface area contributed by atoms with Crippen LogP contribution in [0.2, 0.25) is 0 Å². The van der Waals surface area contributed by atoms with Gasteiger partial charge in [-0.3, -0.25) is 10.1 Å². The van der Waals surface area contributed by atoms with E-state index in [1.165, 1.54) is 6.07 Å². The van der Waals surface area contributed by atoms with Gasteiger partial charge in [0.1, 0.15) is 12.4 Å². The first-order chi connectivity index (χ1) is 7.41. The molecule has 1 rings (SSSR count). The van der Waals surface area contributed by atoms with Crippen molar-refractivity contribution >= 4 is 5.69 Å². The van der Waals surface area contributed by atoms with E-state index in [1.807, 2.05) is 6.92 Å². The molecule has 88 valence electrons. The second-order valence-electron chi connectivity index (χ2n) is 3.95. The molecule has 0 saturated heterocycles. The Kier molecular flexibility index (Phi) is 3.84. The summed E-state index contributed by atoms with van der Waals surface area (Å²) in [4.78, 5) is 10.3. The summed E-state index contributed by atoms with van der Waals surface area (Å²) < 4.78 is 5.47. The maximum atomic E-state index is 10.7. The zero-order chi connectivity index (χ0) is 12.3. The van der Waals surface area contributed by atoms with Crippen LogP contribution in [-0.4, -0.2) is 17.6 Å². The smallest absolute Gasteiger partial charge is 0.272 e. The van der Waals surface area contributed by atoms with E-state index < -0.39 is 4.92 Å². The van der Waals surface area contributed by atoms with Crippen molar-refractivity contribution in [3.63, 3.8) is 0 Å². The second-order valence-corrected chi connectivity index (χ2v) is 3.95. The van der Waals surface area contributed by atoms with Crippen molar-refractivity contribution < 1.29 is 9.66 Å². The summed E-state index contributed by atoms with van der Waals surface area (Å²) in [5.74, 6) is 0.653. The third-order valence-electron chi connectivity index (χ3n) is 2.19. The summed E-state index contributed by atoms with van der Waals surface area (Å²) in [7, 11) is 0. The van der Waals surface area contributed by atoms with Crippen LogP contribution >= 0.6 is 0 Å². The lowest BCUT2D eigenvalue weighted by Crippen LogP contribution is -2.23. The summed E-state index contributed by atoms with van der Waals surface area (Å²) in [6.07, 6.45) is 0. The highest BCUT2D eigenvalue weighted by Crippen LogP contribution is 2.27. The van der Waals surface area contributed by atoms with Crippen LogP contribution in [0.4, 0.5) is 5.69 Å². The fourth-order valence-corrected chi connectivity index (χ4v) is 1.35. The molecule has 0 aliphatic carbocycles. The van der Waals surface area contributed by atoms with Crippen LogP contribution in [-0.2, 0) is 0 Å². The van der Waals surface area contributed by atoms with E-state index in [-0.39, 0.29) is 11.7 Å². The van der Waals surface area contributed by atoms with Crippen molar-refractivity contribution in [2.24, 2.45) is 5.73 Å². The normalized spacial score (nSPS) is 12.2. The molecule has 2 N–H and O–H groups in total. The van der Waals surface area contributed by atoms with Crippen molar-refractivity contribution in [1.29, 1.82) is 0 Å². The van der Waals surface area contributed by atoms with Crippen molar-refractivity contribution in [2.45, 2.75) is 26.8 Å². The molecule has 0 aliphatic heterocycles. The van der Waals surface area contributed by atoms with Crippen LogP contribution in [0.3, 0.4) is 0 Å². The minimum Gasteiger partial charge on any atom is -0.492 e. The predicted molar refractivity (Wildman–Crippen MR) is 61.7 cm³/mol. The van der Waals surface area contributed by atoms with E-state index in [0.29, 0.717) is 17.9 Å². The zero-order valence-corrected chi connectivity index (χ0v) is 9.69. The average Bonchev–Trinajstić information content (AvgIpc) is 2.18. The summed E-state index contributed by atoms with van der Waals surface area (Å²) in [6.45, 7) is 5.71. The highest BCUT2D eigenvalue weighted by molar-refractivity contribution is 5.49. The van der Waals surface area contributed by atoms with Gasteiger partial charge in [-0.1, -0.05) is 0 Å². The molecule has 0 aliphatic rings. The molecule has 1 atom stereocenters. The fraction of sp³-hybridized carbons (Fsp3) is 0.455. The van der Waals surface area contributed by atoms with Crippen molar-refractivity contribution in [2.75, 3.05) is 6.61 Å². The number of nitro benzene ring substituents is 1. The molecule has 1 aromatic carbocycles. The van der Waals surface area contributed by atoms with Crippen LogP contribution in [0.15, 0.2) is 12.1 Å². The lowest BCUT2D eigenvalue weighted by molar-refractivity contribution is -0.385. The highest BCUT2D eigenvalue weighted by Gasteiger charge is 2.14. The lowest BCUT2D eigenvalue weighted by Gasteiger charge is -2.11. The number of hydrogen-bond donors (Lipinski definition) is 1. The molecule has 0 radical (unpaired) electrons. The van der Waals surface area contributed by atoms with E-state index in [4.69, 9.17) is 10.5 Å². The SMILES string of the molecule is Cc1cc([N+](=O)[O-])c(C)cc1OCC(C)N. The second kappa shape index (κ2) is 4.94. The zero-order valence-electron chi connectivity index (χ0n) is 9.69. The number of rotatable bonds is 4. The number of hydrogen-bond acceptors (Lipinski definition) is 4. The number of aryl methyl sites for hydroxylation is 2. The minimum absolute atomic E-state index is 0.0603. The molecule has 0 amide bonds. The predicted octanol–water partition coefficient (Wildman–Crippen LogP) is 1.94. The Hall–Kier alpha value is -1.62. The molecular weight excluding hydrogens is 208 g/mol. The summed E-state index contributed by atoms with van der Waals surface area (Å²) in [5, 5.41) is 10.7. The number of nitrogens with zero attached hydrogens (tertiary/aromatic N) is 1. The number of nitro groups is 1. The van der Waals surface area contributed by atoms with Gasteiger partial charge < -0.3 is 10.5 Å². The first-order valence-electron chi connectivity index (χ1n) is 5.06. The van der Waals surface area contributed by atoms with Gasteiger partial charge in [0.05, 0.1) is 4.92 Å². The molecule has 5 heteroatoms. The molecule has 1 aromatic rings. The standard InChI is InChI=1S/C11H16N2O3/c1-7-5-11(16-6-9(3)12)8(2)4-10(7)13(14)15/h4-5,9H,6,12H2,1-3H3. The maximum absolute atomic E-state index is 10.7. The topological polar surface area (TPSA) is 78.4 Å². The number of benzene rings is 1. The monoisotopic (exact) mass is 224 g/mol. The molecule has 1 unspecified atom stereocenters. The quantitative estimate of drug-likeness (QED) is 0.626. The first-order valence-corrected chi connectivity index (χ1v) is 5.06. The van der Waals surface area contributed by atoms with Gasteiger partial charge in [-0.15, -0.1) is 0 Å². The third kappa shape index (κ3) is 2.93. The van der Waals surface area contributed by atoms with Crippen LogP contribution < -0.4 is 10.5 Å². The average molecular weight is 224 g/mol. The number of ether oxygens (including phenoxy) is 1. The molecule has 0 heterocycles. The molecule has 0 saturated carbocycles. The largest absolute Gasteiger partial charge is 0.492 e. The van der Waals surface area contributed by atoms with Crippen LogP contribution in [0, 0.1) is 24.0 Å². The van der Waals surface area contributed by atoms with Gasteiger partial charge in [0.25, 0.3) is 5.69 Å². The summed E-state index contributed by atoms with van der Waals surface area (Å²) in [5.41, 5.74) is 7.03. The lowest BCUT2D eigenvalue weighted by atomic mass is 10.1. The Morgan fingerprint density at radius 1 is 1.44 bits per heavy atom. The van der Waals surface area contributed by atoms with Gasteiger partial charge in [0.2, 0.25) is 0 Å². The van der Waals surface area contributed by atoms with Crippen molar-refractivity contribution in [3.05, 3.63) is 33.4 Å². The van der Waals surface area contributed by atoms with E-state index in [9.17, 15) is 10.1 Å². The third-order valence-corrected chi connectivity index (χ3v) is 2.19. The molecule has 16 heavy (non-hydrogen) atoms. The van der Waals surface area contributed by atoms with Crippen LogP contribution in [0.1, 0.15) is 18.1 Å². The van der Waals surface area contributed by atoms with Gasteiger partial charge >= 0.3 is 0 Å². The first kappa shape index (κ1) is 12.4. The molecule has 0 spiro atoms. The van der Waals surface area contributed by atoms with Crippen LogP contribution in [0.25, 0.3) is 0 Å². The molecular formula is C11H16N2O3. The van der Waals surface area contributed by atoms with Gasteiger partial charge in [0.15, 0.2) is 0 Å². The Balaban J connectivity index is 2.96. The fourth-order valence-electron chi connectivity index (χ4n) is 1.35. The Morgan fingerprint density at radius 3 is 2.56 bits per heavy atom. The van der Waals surface area contributed by atoms with Crippen molar-refractivity contribution in [3.8, 4) is 5.75 Å². The molecule has 0 fully saturated rings. The van der Waals surface area contributed by atoms with E-state index in [0.717, 1.165) is 5.56 Å². The van der Waals surface area contributed by atoms with Gasteiger partial charge in [-0.05, 0) is 32.4 Å². The van der Waals surface area contributed by atoms with E-state index >= 15 is 0 Å². The molecule has 5 nitrogen and oxygen atoms in total. The van der Waals surface area contributed by atoms with E-state index in [1.54, 1.807) is 19.9 Å². The van der Waals surface area contributed by atoms with Gasteiger partial charge in [0, 0.05) is 17.7 Å². The van der Waals surface area contributed by atoms with Crippen LogP contribution in [0.5, 0.6) is 5.75 Å². The minimum atomic E-state index is -0.391. The Bertz CT molecular complexity index is 402. The molecule has 0 bridgehead atoms. The van der Waals surface area contributed by atoms with Crippen molar-refractivity contribution in [1.82, 2.24) is 0 Å². The van der Waals surface area contributed by atoms with Gasteiger partial charge in [-0.2, -0.15) is 0 Å². The van der Waals surface area contributed by atoms with E-state index in [2.05, 4.69) is 0 Å². The van der Waals surface area contributed by atoms with Gasteiger partial charge in [-0.25, -0.2) is 0 Å².